The smallest absolute Gasteiger partial charge is 0.311 e. The first kappa shape index (κ1) is 26.0. The van der Waals surface area contributed by atoms with Crippen molar-refractivity contribution in [2.45, 2.75) is 61.7 Å². The second kappa shape index (κ2) is 10.7. The van der Waals surface area contributed by atoms with E-state index in [0.29, 0.717) is 26.1 Å². The molecule has 1 spiro atoms. The third-order valence-corrected chi connectivity index (χ3v) is 9.68. The maximum Gasteiger partial charge on any atom is 0.311 e. The summed E-state index contributed by atoms with van der Waals surface area (Å²) in [6.07, 6.45) is 10.2. The predicted octanol–water partition coefficient (Wildman–Crippen LogP) is 3.18. The van der Waals surface area contributed by atoms with Crippen LogP contribution in [-0.4, -0.2) is 74.5 Å². The monoisotopic (exact) mass is 524 g/mol. The number of allylic oxidation sites excluding steroid dienone is 1. The summed E-state index contributed by atoms with van der Waals surface area (Å²) in [7, 11) is 0. The number of hydrogen-bond acceptors (Lipinski definition) is 6. The fraction of sp³-hybridized carbons (Fsp3) is 0.552. The highest BCUT2D eigenvalue weighted by molar-refractivity contribution is 8.02. The Bertz CT molecular complexity index is 1090. The molecule has 6 atom stereocenters. The number of ether oxygens (including phenoxy) is 1. The van der Waals surface area contributed by atoms with Crippen molar-refractivity contribution in [1.82, 2.24) is 9.80 Å². The van der Waals surface area contributed by atoms with Crippen LogP contribution in [-0.2, 0) is 25.7 Å². The van der Waals surface area contributed by atoms with Gasteiger partial charge in [-0.15, -0.1) is 11.8 Å². The number of aliphatic hydroxyl groups is 1. The van der Waals surface area contributed by atoms with Crippen molar-refractivity contribution in [2.24, 2.45) is 17.8 Å². The van der Waals surface area contributed by atoms with E-state index in [4.69, 9.17) is 4.74 Å². The number of aliphatic hydroxyl groups excluding tert-OH is 1. The molecule has 1 N–H and O–H groups in total. The van der Waals surface area contributed by atoms with Crippen molar-refractivity contribution in [1.29, 1.82) is 0 Å². The van der Waals surface area contributed by atoms with Crippen molar-refractivity contribution in [2.75, 3.05) is 19.8 Å². The molecule has 4 aliphatic heterocycles. The first-order valence-electron chi connectivity index (χ1n) is 13.3. The van der Waals surface area contributed by atoms with Crippen LogP contribution < -0.4 is 0 Å². The number of cyclic esters (lactones) is 1. The van der Waals surface area contributed by atoms with E-state index in [-0.39, 0.29) is 35.6 Å². The fourth-order valence-electron chi connectivity index (χ4n) is 6.40. The van der Waals surface area contributed by atoms with Gasteiger partial charge in [-0.25, -0.2) is 0 Å². The minimum absolute atomic E-state index is 0.136. The number of hydrogen-bond donors (Lipinski definition) is 1. The van der Waals surface area contributed by atoms with Gasteiger partial charge in [-0.05, 0) is 30.7 Å². The minimum atomic E-state index is -0.901. The number of amides is 2. The van der Waals surface area contributed by atoms with Gasteiger partial charge in [0.15, 0.2) is 0 Å². The average Bonchev–Trinajstić information content (AvgIpc) is 3.30. The molecule has 1 aromatic rings. The zero-order chi connectivity index (χ0) is 26.2. The van der Waals surface area contributed by atoms with Crippen LogP contribution in [0.1, 0.15) is 38.7 Å². The van der Waals surface area contributed by atoms with Gasteiger partial charge in [0.25, 0.3) is 0 Å². The summed E-state index contributed by atoms with van der Waals surface area (Å²) >= 11 is 1.55. The first-order chi connectivity index (χ1) is 17.9. The molecule has 2 saturated heterocycles. The third-order valence-electron chi connectivity index (χ3n) is 7.94. The molecular weight excluding hydrogens is 488 g/mol. The zero-order valence-corrected chi connectivity index (χ0v) is 22.3. The maximum absolute atomic E-state index is 14.4. The Morgan fingerprint density at radius 3 is 2.65 bits per heavy atom. The van der Waals surface area contributed by atoms with Gasteiger partial charge in [0.2, 0.25) is 11.8 Å². The summed E-state index contributed by atoms with van der Waals surface area (Å²) in [5, 5.41) is 10.2. The van der Waals surface area contributed by atoms with E-state index < -0.39 is 28.7 Å². The third kappa shape index (κ3) is 4.63. The van der Waals surface area contributed by atoms with Crippen LogP contribution in [0.15, 0.2) is 54.6 Å². The van der Waals surface area contributed by atoms with E-state index in [0.717, 1.165) is 18.4 Å². The maximum atomic E-state index is 14.4. The Hall–Kier alpha value is -2.58. The topological polar surface area (TPSA) is 87.2 Å². The van der Waals surface area contributed by atoms with E-state index >= 15 is 0 Å². The standard InChI is InChI=1S/C29H36N2O5S/c1-19(2)16-21(18-32)31-25-27(34)30(17-20-10-5-3-6-11-20)14-9-13-29(25)24(26(31)33)23-22(37-29)12-7-4-8-15-36-28(23)35/h3,5-7,9-13,19,21-25,32H,4,8,14-18H2,1-2H3/b12-7-/t21-,22+,23-,24+,25?,29+/m1/s1. The highest BCUT2D eigenvalue weighted by Gasteiger charge is 2.71. The van der Waals surface area contributed by atoms with Crippen molar-refractivity contribution < 1.29 is 24.2 Å². The zero-order valence-electron chi connectivity index (χ0n) is 21.5. The quantitative estimate of drug-likeness (QED) is 0.454. The van der Waals surface area contributed by atoms with Crippen LogP contribution >= 0.6 is 11.8 Å². The Kier molecular flexibility index (Phi) is 7.50. The number of benzene rings is 1. The first-order valence-corrected chi connectivity index (χ1v) is 14.2. The number of thioether (sulfide) groups is 1. The molecule has 37 heavy (non-hydrogen) atoms. The number of carbonyl (C=O) groups is 3. The molecule has 1 aromatic carbocycles. The molecule has 4 heterocycles. The average molecular weight is 525 g/mol. The molecule has 198 valence electrons. The van der Waals surface area contributed by atoms with E-state index in [9.17, 15) is 19.5 Å². The summed E-state index contributed by atoms with van der Waals surface area (Å²) in [5.41, 5.74) is 1.01. The van der Waals surface area contributed by atoms with Crippen LogP contribution in [0.2, 0.25) is 0 Å². The van der Waals surface area contributed by atoms with Crippen LogP contribution in [0.5, 0.6) is 0 Å². The second-order valence-electron chi connectivity index (χ2n) is 10.9. The van der Waals surface area contributed by atoms with Crippen LogP contribution in [0.3, 0.4) is 0 Å². The number of nitrogens with zero attached hydrogens (tertiary/aromatic N) is 2. The van der Waals surface area contributed by atoms with Crippen LogP contribution in [0, 0.1) is 17.8 Å². The van der Waals surface area contributed by atoms with Gasteiger partial charge in [0, 0.05) is 18.3 Å². The largest absolute Gasteiger partial charge is 0.465 e. The highest BCUT2D eigenvalue weighted by Crippen LogP contribution is 2.61. The van der Waals surface area contributed by atoms with Gasteiger partial charge >= 0.3 is 5.97 Å². The number of fused-ring (bicyclic) bond motifs is 2. The van der Waals surface area contributed by atoms with Gasteiger partial charge in [-0.2, -0.15) is 0 Å². The van der Waals surface area contributed by atoms with E-state index in [1.165, 1.54) is 0 Å². The number of esters is 1. The lowest BCUT2D eigenvalue weighted by atomic mass is 9.78. The second-order valence-corrected chi connectivity index (χ2v) is 12.4. The summed E-state index contributed by atoms with van der Waals surface area (Å²) < 4.78 is 4.72. The molecule has 5 rings (SSSR count). The summed E-state index contributed by atoms with van der Waals surface area (Å²) in [6.45, 7) is 5.02. The highest BCUT2D eigenvalue weighted by atomic mass is 32.2. The molecule has 0 aromatic heterocycles. The number of likely N-dealkylation sites (tertiary alicyclic amines) is 1. The summed E-state index contributed by atoms with van der Waals surface area (Å²) in [5.74, 6) is -1.90. The lowest BCUT2D eigenvalue weighted by molar-refractivity contribution is -0.153. The van der Waals surface area contributed by atoms with Crippen molar-refractivity contribution >= 4 is 29.5 Å². The van der Waals surface area contributed by atoms with Crippen LogP contribution in [0.4, 0.5) is 0 Å². The van der Waals surface area contributed by atoms with Gasteiger partial charge in [0.05, 0.1) is 35.8 Å². The molecule has 0 bridgehead atoms. The van der Waals surface area contributed by atoms with Crippen molar-refractivity contribution in [3.8, 4) is 0 Å². The lowest BCUT2D eigenvalue weighted by Gasteiger charge is -2.39. The van der Waals surface area contributed by atoms with Gasteiger partial charge in [-0.1, -0.05) is 68.5 Å². The molecule has 1 unspecified atom stereocenters. The normalized spacial score (nSPS) is 33.1. The Morgan fingerprint density at radius 1 is 1.14 bits per heavy atom. The molecule has 4 aliphatic rings. The molecule has 0 saturated carbocycles. The summed E-state index contributed by atoms with van der Waals surface area (Å²) in [6, 6.07) is 8.52. The summed E-state index contributed by atoms with van der Waals surface area (Å²) in [4.78, 5) is 45.4. The van der Waals surface area contributed by atoms with Gasteiger partial charge in [-0.3, -0.25) is 14.4 Å². The minimum Gasteiger partial charge on any atom is -0.465 e. The molecule has 0 aliphatic carbocycles. The Morgan fingerprint density at radius 2 is 1.92 bits per heavy atom. The van der Waals surface area contributed by atoms with E-state index in [1.807, 2.05) is 62.4 Å². The Labute approximate surface area is 222 Å². The van der Waals surface area contributed by atoms with Crippen molar-refractivity contribution in [3.63, 3.8) is 0 Å². The van der Waals surface area contributed by atoms with E-state index in [2.05, 4.69) is 6.08 Å². The molecule has 2 fully saturated rings. The molecule has 8 heteroatoms. The molecule has 2 amide bonds. The van der Waals surface area contributed by atoms with Crippen LogP contribution in [0.25, 0.3) is 0 Å². The Balaban J connectivity index is 1.60. The molecule has 7 nitrogen and oxygen atoms in total. The van der Waals surface area contributed by atoms with Gasteiger partial charge in [0.1, 0.15) is 6.04 Å². The van der Waals surface area contributed by atoms with E-state index in [1.54, 1.807) is 21.6 Å². The van der Waals surface area contributed by atoms with Gasteiger partial charge < -0.3 is 19.6 Å². The fourth-order valence-corrected chi connectivity index (χ4v) is 8.39. The predicted molar refractivity (Wildman–Crippen MR) is 142 cm³/mol. The van der Waals surface area contributed by atoms with Crippen molar-refractivity contribution in [3.05, 3.63) is 60.2 Å². The number of rotatable bonds is 6. The SMILES string of the molecule is CC(C)C[C@H](CO)N1C(=O)[C@@H]2[C@@H]3C(=O)OCCC/C=C\[C@@H]3S[C@@]23C=CCN(Cc2ccccc2)C(=O)C13. The molecular formula is C29H36N2O5S. The lowest BCUT2D eigenvalue weighted by Crippen LogP contribution is -2.56. The molecule has 0 radical (unpaired) electrons. The number of carbonyl (C=O) groups excluding carboxylic acids is 3.